The van der Waals surface area contributed by atoms with Gasteiger partial charge < -0.3 is 9.64 Å². The summed E-state index contributed by atoms with van der Waals surface area (Å²) >= 11 is 0. The molecule has 0 saturated carbocycles. The van der Waals surface area contributed by atoms with Crippen LogP contribution in [0.1, 0.15) is 58.8 Å². The van der Waals surface area contributed by atoms with Crippen molar-refractivity contribution in [1.82, 2.24) is 4.90 Å². The van der Waals surface area contributed by atoms with E-state index in [1.165, 1.54) is 32.1 Å². The monoisotopic (exact) mass is 255 g/mol. The minimum Gasteiger partial charge on any atom is -0.466 e. The Kier molecular flexibility index (Phi) is 8.06. The van der Waals surface area contributed by atoms with Crippen molar-refractivity contribution in [3.63, 3.8) is 0 Å². The molecule has 106 valence electrons. The first-order valence-electron chi connectivity index (χ1n) is 7.66. The largest absolute Gasteiger partial charge is 0.466 e. The zero-order valence-corrected chi connectivity index (χ0v) is 12.1. The van der Waals surface area contributed by atoms with Crippen LogP contribution in [0.15, 0.2) is 0 Å². The molecule has 0 aromatic heterocycles. The molecule has 1 fully saturated rings. The maximum Gasteiger partial charge on any atom is 0.310 e. The Hall–Kier alpha value is -0.570. The average Bonchev–Trinajstić information content (AvgIpc) is 2.39. The van der Waals surface area contributed by atoms with Crippen molar-refractivity contribution in [2.75, 3.05) is 26.2 Å². The predicted octanol–water partition coefficient (Wildman–Crippen LogP) is 3.23. The number of carbonyl (C=O) groups excluding carboxylic acids is 1. The average molecular weight is 255 g/mol. The van der Waals surface area contributed by atoms with Gasteiger partial charge in [-0.05, 0) is 39.3 Å². The van der Waals surface area contributed by atoms with Crippen LogP contribution < -0.4 is 0 Å². The second kappa shape index (κ2) is 9.37. The van der Waals surface area contributed by atoms with Crippen molar-refractivity contribution in [2.45, 2.75) is 58.8 Å². The van der Waals surface area contributed by atoms with E-state index in [0.29, 0.717) is 6.61 Å². The molecule has 1 aliphatic heterocycles. The number of ether oxygens (including phenoxy) is 1. The van der Waals surface area contributed by atoms with Gasteiger partial charge in [-0.2, -0.15) is 0 Å². The second-order valence-electron chi connectivity index (χ2n) is 5.31. The van der Waals surface area contributed by atoms with Gasteiger partial charge >= 0.3 is 5.97 Å². The molecule has 1 heterocycles. The summed E-state index contributed by atoms with van der Waals surface area (Å²) in [6.07, 6.45) is 8.75. The number of piperidine rings is 1. The number of likely N-dealkylation sites (tertiary alicyclic amines) is 1. The molecule has 0 aromatic rings. The minimum absolute atomic E-state index is 0.00758. The van der Waals surface area contributed by atoms with Gasteiger partial charge in [0, 0.05) is 6.54 Å². The first kappa shape index (κ1) is 15.5. The van der Waals surface area contributed by atoms with E-state index >= 15 is 0 Å². The zero-order valence-electron chi connectivity index (χ0n) is 12.1. The van der Waals surface area contributed by atoms with E-state index in [9.17, 15) is 4.79 Å². The molecule has 0 N–H and O–H groups in total. The van der Waals surface area contributed by atoms with Gasteiger partial charge in [0.1, 0.15) is 0 Å². The molecule has 0 spiro atoms. The predicted molar refractivity (Wildman–Crippen MR) is 74.6 cm³/mol. The van der Waals surface area contributed by atoms with Crippen molar-refractivity contribution >= 4 is 5.97 Å². The number of unbranched alkanes of at least 4 members (excludes halogenated alkanes) is 4. The number of carbonyl (C=O) groups is 1. The lowest BCUT2D eigenvalue weighted by Crippen LogP contribution is -2.39. The molecular weight excluding hydrogens is 226 g/mol. The highest BCUT2D eigenvalue weighted by Gasteiger charge is 2.26. The topological polar surface area (TPSA) is 29.5 Å². The highest BCUT2D eigenvalue weighted by molar-refractivity contribution is 5.72. The summed E-state index contributed by atoms with van der Waals surface area (Å²) in [5.74, 6) is 0.127. The SMILES string of the molecule is CCCCCCCN1CCC[C@H](C(=O)OCC)C1. The van der Waals surface area contributed by atoms with Crippen molar-refractivity contribution < 1.29 is 9.53 Å². The molecule has 3 nitrogen and oxygen atoms in total. The first-order chi connectivity index (χ1) is 8.77. The fourth-order valence-corrected chi connectivity index (χ4v) is 2.65. The number of hydrogen-bond acceptors (Lipinski definition) is 3. The van der Waals surface area contributed by atoms with Gasteiger partial charge in [-0.1, -0.05) is 32.6 Å². The second-order valence-corrected chi connectivity index (χ2v) is 5.31. The molecule has 1 rings (SSSR count). The lowest BCUT2D eigenvalue weighted by Gasteiger charge is -2.31. The van der Waals surface area contributed by atoms with E-state index in [4.69, 9.17) is 4.74 Å². The lowest BCUT2D eigenvalue weighted by molar-refractivity contribution is -0.149. The van der Waals surface area contributed by atoms with Crippen molar-refractivity contribution in [2.24, 2.45) is 5.92 Å². The van der Waals surface area contributed by atoms with E-state index in [1.54, 1.807) is 0 Å². The molecule has 1 saturated heterocycles. The van der Waals surface area contributed by atoms with Crippen molar-refractivity contribution in [3.8, 4) is 0 Å². The molecule has 0 bridgehead atoms. The summed E-state index contributed by atoms with van der Waals surface area (Å²) in [4.78, 5) is 14.2. The van der Waals surface area contributed by atoms with Crippen LogP contribution in [0.4, 0.5) is 0 Å². The zero-order chi connectivity index (χ0) is 13.2. The molecule has 0 aliphatic carbocycles. The number of esters is 1. The third-order valence-electron chi connectivity index (χ3n) is 3.70. The molecule has 0 radical (unpaired) electrons. The van der Waals surface area contributed by atoms with Crippen LogP contribution in [-0.2, 0) is 9.53 Å². The summed E-state index contributed by atoms with van der Waals surface area (Å²) in [7, 11) is 0. The Bertz CT molecular complexity index is 231. The molecule has 0 unspecified atom stereocenters. The van der Waals surface area contributed by atoms with Crippen molar-refractivity contribution in [1.29, 1.82) is 0 Å². The number of hydrogen-bond donors (Lipinski definition) is 0. The van der Waals surface area contributed by atoms with Gasteiger partial charge in [-0.15, -0.1) is 0 Å². The fourth-order valence-electron chi connectivity index (χ4n) is 2.65. The number of nitrogens with zero attached hydrogens (tertiary/aromatic N) is 1. The van der Waals surface area contributed by atoms with E-state index in [0.717, 1.165) is 32.5 Å². The van der Waals surface area contributed by atoms with Crippen LogP contribution in [0.5, 0.6) is 0 Å². The van der Waals surface area contributed by atoms with Crippen molar-refractivity contribution in [3.05, 3.63) is 0 Å². The van der Waals surface area contributed by atoms with Gasteiger partial charge in [0.2, 0.25) is 0 Å². The highest BCUT2D eigenvalue weighted by Crippen LogP contribution is 2.18. The summed E-state index contributed by atoms with van der Waals surface area (Å²) < 4.78 is 5.12. The number of rotatable bonds is 8. The third-order valence-corrected chi connectivity index (χ3v) is 3.70. The Balaban J connectivity index is 2.16. The van der Waals surface area contributed by atoms with Crippen LogP contribution >= 0.6 is 0 Å². The van der Waals surface area contributed by atoms with Crippen LogP contribution in [0.3, 0.4) is 0 Å². The standard InChI is InChI=1S/C15H29NO2/c1-3-5-6-7-8-11-16-12-9-10-14(13-16)15(17)18-4-2/h14H,3-13H2,1-2H3/t14-/m0/s1. The van der Waals surface area contributed by atoms with E-state index in [2.05, 4.69) is 11.8 Å². The van der Waals surface area contributed by atoms with E-state index < -0.39 is 0 Å². The smallest absolute Gasteiger partial charge is 0.310 e. The molecule has 1 aliphatic rings. The van der Waals surface area contributed by atoms with Gasteiger partial charge in [0.05, 0.1) is 12.5 Å². The van der Waals surface area contributed by atoms with Gasteiger partial charge in [-0.25, -0.2) is 0 Å². The molecule has 18 heavy (non-hydrogen) atoms. The molecule has 3 heteroatoms. The van der Waals surface area contributed by atoms with Gasteiger partial charge in [0.15, 0.2) is 0 Å². The van der Waals surface area contributed by atoms with E-state index in [-0.39, 0.29) is 11.9 Å². The van der Waals surface area contributed by atoms with Crippen LogP contribution in [0.25, 0.3) is 0 Å². The molecular formula is C15H29NO2. The van der Waals surface area contributed by atoms with Crippen LogP contribution in [0.2, 0.25) is 0 Å². The Morgan fingerprint density at radius 3 is 2.72 bits per heavy atom. The summed E-state index contributed by atoms with van der Waals surface area (Å²) in [6.45, 7) is 7.85. The first-order valence-corrected chi connectivity index (χ1v) is 7.66. The summed E-state index contributed by atoms with van der Waals surface area (Å²) in [6, 6.07) is 0. The molecule has 1 atom stereocenters. The summed E-state index contributed by atoms with van der Waals surface area (Å²) in [5.41, 5.74) is 0. The minimum atomic E-state index is 0.00758. The highest BCUT2D eigenvalue weighted by atomic mass is 16.5. The van der Waals surface area contributed by atoms with Gasteiger partial charge in [-0.3, -0.25) is 4.79 Å². The van der Waals surface area contributed by atoms with Gasteiger partial charge in [0.25, 0.3) is 0 Å². The molecule has 0 amide bonds. The van der Waals surface area contributed by atoms with Crippen LogP contribution in [0, 0.1) is 5.92 Å². The van der Waals surface area contributed by atoms with Crippen LogP contribution in [-0.4, -0.2) is 37.1 Å². The third kappa shape index (κ3) is 5.85. The Labute approximate surface area is 112 Å². The maximum atomic E-state index is 11.7. The normalized spacial score (nSPS) is 20.9. The Morgan fingerprint density at radius 1 is 1.22 bits per heavy atom. The summed E-state index contributed by atoms with van der Waals surface area (Å²) in [5, 5.41) is 0. The quantitative estimate of drug-likeness (QED) is 0.492. The Morgan fingerprint density at radius 2 is 2.00 bits per heavy atom. The fraction of sp³-hybridized carbons (Fsp3) is 0.933. The molecule has 0 aromatic carbocycles. The maximum absolute atomic E-state index is 11.7. The lowest BCUT2D eigenvalue weighted by atomic mass is 9.98. The van der Waals surface area contributed by atoms with E-state index in [1.807, 2.05) is 6.92 Å².